The lowest BCUT2D eigenvalue weighted by atomic mass is 10.2. The summed E-state index contributed by atoms with van der Waals surface area (Å²) in [5.41, 5.74) is 0.224. The van der Waals surface area contributed by atoms with Gasteiger partial charge in [0.25, 0.3) is 5.56 Å². The first kappa shape index (κ1) is 13.3. The van der Waals surface area contributed by atoms with Crippen LogP contribution in [0.25, 0.3) is 0 Å². The van der Waals surface area contributed by atoms with Crippen molar-refractivity contribution in [2.24, 2.45) is 0 Å². The van der Waals surface area contributed by atoms with E-state index in [0.29, 0.717) is 12.3 Å². The number of H-pyrrole nitrogens is 1. The highest BCUT2D eigenvalue weighted by Crippen LogP contribution is 2.13. The molecule has 2 heterocycles. The largest absolute Gasteiger partial charge is 0.353 e. The number of hydrogen-bond acceptors (Lipinski definition) is 4. The number of rotatable bonds is 2. The molecule has 1 aliphatic heterocycles. The Labute approximate surface area is 113 Å². The molecule has 1 saturated heterocycles. The van der Waals surface area contributed by atoms with Gasteiger partial charge < -0.3 is 14.5 Å². The van der Waals surface area contributed by atoms with Gasteiger partial charge in [-0.1, -0.05) is 5.92 Å². The third kappa shape index (κ3) is 3.95. The predicted octanol–water partition coefficient (Wildman–Crippen LogP) is 1.43. The predicted molar refractivity (Wildman–Crippen MR) is 69.0 cm³/mol. The lowest BCUT2D eigenvalue weighted by molar-refractivity contribution is -0.154. The highest BCUT2D eigenvalue weighted by atomic mass is 79.9. The van der Waals surface area contributed by atoms with Crippen LogP contribution in [-0.4, -0.2) is 29.5 Å². The first-order valence-electron chi connectivity index (χ1n) is 5.73. The summed E-state index contributed by atoms with van der Waals surface area (Å²) < 4.78 is 11.1. The molecule has 1 atom stereocenters. The van der Waals surface area contributed by atoms with Crippen LogP contribution in [0.3, 0.4) is 0 Å². The summed E-state index contributed by atoms with van der Waals surface area (Å²) in [6.45, 7) is 1.05. The molecular weight excluding hydrogens is 300 g/mol. The second-order valence-corrected chi connectivity index (χ2v) is 4.57. The molecule has 6 heteroatoms. The normalized spacial score (nSPS) is 19.1. The minimum Gasteiger partial charge on any atom is -0.353 e. The molecule has 0 spiro atoms. The maximum absolute atomic E-state index is 11.1. The zero-order valence-corrected chi connectivity index (χ0v) is 11.3. The fourth-order valence-corrected chi connectivity index (χ4v) is 1.86. The number of aromatic amines is 1. The van der Waals surface area contributed by atoms with Crippen molar-refractivity contribution in [3.8, 4) is 11.8 Å². The molecule has 0 saturated carbocycles. The Morgan fingerprint density at radius 3 is 3.22 bits per heavy atom. The number of nitrogens with one attached hydrogen (secondary N) is 1. The van der Waals surface area contributed by atoms with Crippen LogP contribution in [0.15, 0.2) is 15.6 Å². The van der Waals surface area contributed by atoms with Gasteiger partial charge in [-0.05, 0) is 41.1 Å². The number of nitrogens with zero attached hydrogens (tertiary/aromatic N) is 1. The quantitative estimate of drug-likeness (QED) is 0.839. The van der Waals surface area contributed by atoms with Gasteiger partial charge in [-0.25, -0.2) is 4.98 Å². The molecule has 0 aliphatic carbocycles. The van der Waals surface area contributed by atoms with Crippen molar-refractivity contribution >= 4 is 15.9 Å². The van der Waals surface area contributed by atoms with Crippen LogP contribution in [0.5, 0.6) is 0 Å². The average Bonchev–Trinajstić information content (AvgIpc) is 2.40. The van der Waals surface area contributed by atoms with Gasteiger partial charge in [0.15, 0.2) is 10.9 Å². The van der Waals surface area contributed by atoms with Gasteiger partial charge in [-0.3, -0.25) is 4.79 Å². The van der Waals surface area contributed by atoms with Gasteiger partial charge in [-0.15, -0.1) is 0 Å². The maximum Gasteiger partial charge on any atom is 0.281 e. The molecule has 1 aromatic rings. The summed E-state index contributed by atoms with van der Waals surface area (Å²) in [4.78, 5) is 17.5. The number of ether oxygens (including phenoxy) is 2. The number of halogens is 1. The van der Waals surface area contributed by atoms with Crippen LogP contribution in [0.4, 0.5) is 0 Å². The second kappa shape index (κ2) is 6.69. The summed E-state index contributed by atoms with van der Waals surface area (Å²) in [6.07, 6.45) is 4.48. The van der Waals surface area contributed by atoms with Gasteiger partial charge in [0.1, 0.15) is 12.3 Å². The van der Waals surface area contributed by atoms with Crippen LogP contribution < -0.4 is 5.56 Å². The Bertz CT molecular complexity index is 512. The SMILES string of the molecule is O=c1[nH]cc(C#CCOC2CCCCO2)nc1Br. The van der Waals surface area contributed by atoms with E-state index in [1.54, 1.807) is 0 Å². The minimum absolute atomic E-state index is 0.136. The van der Waals surface area contributed by atoms with Crippen molar-refractivity contribution in [2.75, 3.05) is 13.2 Å². The molecule has 1 N–H and O–H groups in total. The number of hydrogen-bond donors (Lipinski definition) is 1. The second-order valence-electron chi connectivity index (χ2n) is 3.81. The van der Waals surface area contributed by atoms with E-state index in [1.165, 1.54) is 6.20 Å². The summed E-state index contributed by atoms with van der Waals surface area (Å²) >= 11 is 3.04. The molecule has 96 valence electrons. The van der Waals surface area contributed by atoms with Crippen LogP contribution in [0, 0.1) is 11.8 Å². The summed E-state index contributed by atoms with van der Waals surface area (Å²) in [7, 11) is 0. The fourth-order valence-electron chi connectivity index (χ4n) is 1.55. The minimum atomic E-state index is -0.271. The Morgan fingerprint density at radius 1 is 1.61 bits per heavy atom. The molecule has 5 nitrogen and oxygen atoms in total. The molecule has 1 unspecified atom stereocenters. The van der Waals surface area contributed by atoms with Crippen molar-refractivity contribution in [3.63, 3.8) is 0 Å². The van der Waals surface area contributed by atoms with Gasteiger partial charge in [0.2, 0.25) is 0 Å². The van der Waals surface area contributed by atoms with E-state index < -0.39 is 0 Å². The third-order valence-corrected chi connectivity index (χ3v) is 2.98. The molecule has 18 heavy (non-hydrogen) atoms. The molecule has 0 radical (unpaired) electrons. The van der Waals surface area contributed by atoms with Crippen molar-refractivity contribution < 1.29 is 9.47 Å². The molecule has 0 aromatic carbocycles. The lowest BCUT2D eigenvalue weighted by Crippen LogP contribution is -2.22. The standard InChI is InChI=1S/C12H13BrN2O3/c13-11-12(16)14-8-9(15-11)4-3-7-18-10-5-1-2-6-17-10/h8,10H,1-2,5-7H2,(H,14,16). The van der Waals surface area contributed by atoms with Crippen LogP contribution in [0.2, 0.25) is 0 Å². The van der Waals surface area contributed by atoms with E-state index >= 15 is 0 Å². The molecule has 1 aromatic heterocycles. The van der Waals surface area contributed by atoms with Gasteiger partial charge in [0, 0.05) is 12.8 Å². The summed E-state index contributed by atoms with van der Waals surface area (Å²) in [5, 5.41) is 0. The third-order valence-electron chi connectivity index (χ3n) is 2.44. The van der Waals surface area contributed by atoms with E-state index in [0.717, 1.165) is 25.9 Å². The van der Waals surface area contributed by atoms with Crippen molar-refractivity contribution in [1.29, 1.82) is 0 Å². The van der Waals surface area contributed by atoms with E-state index in [-0.39, 0.29) is 16.5 Å². The van der Waals surface area contributed by atoms with E-state index in [4.69, 9.17) is 9.47 Å². The van der Waals surface area contributed by atoms with E-state index in [2.05, 4.69) is 37.7 Å². The van der Waals surface area contributed by atoms with Gasteiger partial charge in [0.05, 0.1) is 0 Å². The summed E-state index contributed by atoms with van der Waals surface area (Å²) in [6, 6.07) is 0. The Balaban J connectivity index is 1.84. The molecule has 2 rings (SSSR count). The van der Waals surface area contributed by atoms with Crippen molar-refractivity contribution in [1.82, 2.24) is 9.97 Å². The average molecular weight is 313 g/mol. The zero-order chi connectivity index (χ0) is 12.8. The van der Waals surface area contributed by atoms with Gasteiger partial charge in [-0.2, -0.15) is 0 Å². The maximum atomic E-state index is 11.1. The summed E-state index contributed by atoms with van der Waals surface area (Å²) in [5.74, 6) is 5.65. The smallest absolute Gasteiger partial charge is 0.281 e. The van der Waals surface area contributed by atoms with E-state index in [1.807, 2.05) is 0 Å². The lowest BCUT2D eigenvalue weighted by Gasteiger charge is -2.21. The molecule has 1 aliphatic rings. The highest BCUT2D eigenvalue weighted by molar-refractivity contribution is 9.10. The molecular formula is C12H13BrN2O3. The Hall–Kier alpha value is -1.16. The first-order valence-corrected chi connectivity index (χ1v) is 6.52. The zero-order valence-electron chi connectivity index (χ0n) is 9.74. The van der Waals surface area contributed by atoms with Crippen LogP contribution in [-0.2, 0) is 9.47 Å². The number of aromatic nitrogens is 2. The van der Waals surface area contributed by atoms with Crippen LogP contribution in [0.1, 0.15) is 25.0 Å². The monoisotopic (exact) mass is 312 g/mol. The molecule has 0 bridgehead atoms. The fraction of sp³-hybridized carbons (Fsp3) is 0.500. The molecule has 0 amide bonds. The van der Waals surface area contributed by atoms with Crippen molar-refractivity contribution in [2.45, 2.75) is 25.6 Å². The molecule has 1 fully saturated rings. The van der Waals surface area contributed by atoms with Crippen LogP contribution >= 0.6 is 15.9 Å². The van der Waals surface area contributed by atoms with Crippen molar-refractivity contribution in [3.05, 3.63) is 26.8 Å². The topological polar surface area (TPSA) is 64.2 Å². The Kier molecular flexibility index (Phi) is 4.93. The van der Waals surface area contributed by atoms with E-state index in [9.17, 15) is 4.79 Å². The Morgan fingerprint density at radius 2 is 2.50 bits per heavy atom. The first-order chi connectivity index (χ1) is 8.75. The van der Waals surface area contributed by atoms with Gasteiger partial charge >= 0.3 is 0 Å². The highest BCUT2D eigenvalue weighted by Gasteiger charge is 2.12.